The van der Waals surface area contributed by atoms with Crippen LogP contribution in [-0.4, -0.2) is 0 Å². The number of fused-ring (bicyclic) bond motifs is 1. The first-order valence-corrected chi connectivity index (χ1v) is 21.3. The van der Waals surface area contributed by atoms with Gasteiger partial charge in [-0.15, -0.1) is 0 Å². The molecule has 0 amide bonds. The van der Waals surface area contributed by atoms with E-state index in [0.717, 1.165) is 33.8 Å². The van der Waals surface area contributed by atoms with Gasteiger partial charge in [0.2, 0.25) is 0 Å². The van der Waals surface area contributed by atoms with E-state index in [0.29, 0.717) is 0 Å². The number of anilines is 3. The summed E-state index contributed by atoms with van der Waals surface area (Å²) >= 11 is 0. The molecule has 296 valence electrons. The standard InChI is InChI=1S/C61H47N/c1-46-37-39-48(40-38-46)54-43-47(21-19-35-57(49-22-7-2-8-23-49)50-24-9-3-10-25-50)44-56(45-54)62(55-31-15-6-16-32-55)61-42-41-53(59-33-17-18-34-60(59)61)30-20-36-58(51-26-11-4-12-27-51)52-28-13-5-14-29-52/h2-45H,1H3/b21-19+,30-20+. The minimum Gasteiger partial charge on any atom is -0.310 e. The van der Waals surface area contributed by atoms with Gasteiger partial charge in [0.15, 0.2) is 0 Å². The number of hydrogen-bond acceptors (Lipinski definition) is 1. The van der Waals surface area contributed by atoms with E-state index in [1.807, 2.05) is 0 Å². The van der Waals surface area contributed by atoms with Gasteiger partial charge < -0.3 is 4.90 Å². The largest absolute Gasteiger partial charge is 0.310 e. The van der Waals surface area contributed by atoms with Crippen molar-refractivity contribution in [2.45, 2.75) is 6.92 Å². The lowest BCUT2D eigenvalue weighted by Gasteiger charge is -2.28. The first kappa shape index (κ1) is 39.5. The van der Waals surface area contributed by atoms with Crippen molar-refractivity contribution in [2.24, 2.45) is 0 Å². The molecule has 9 aromatic rings. The third-order valence-corrected chi connectivity index (χ3v) is 11.2. The number of rotatable bonds is 12. The average molecular weight is 794 g/mol. The highest BCUT2D eigenvalue weighted by atomic mass is 15.1. The van der Waals surface area contributed by atoms with E-state index >= 15 is 0 Å². The van der Waals surface area contributed by atoms with Gasteiger partial charge in [-0.3, -0.25) is 0 Å². The number of allylic oxidation sites excluding steroid dienone is 4. The Kier molecular flexibility index (Phi) is 12.1. The third kappa shape index (κ3) is 9.09. The van der Waals surface area contributed by atoms with E-state index in [-0.39, 0.29) is 0 Å². The summed E-state index contributed by atoms with van der Waals surface area (Å²) in [7, 11) is 0. The van der Waals surface area contributed by atoms with Crippen molar-refractivity contribution in [1.82, 2.24) is 0 Å². The molecule has 0 atom stereocenters. The lowest BCUT2D eigenvalue weighted by Crippen LogP contribution is -2.11. The van der Waals surface area contributed by atoms with Gasteiger partial charge in [0.25, 0.3) is 0 Å². The Balaban J connectivity index is 1.16. The van der Waals surface area contributed by atoms with Crippen molar-refractivity contribution in [1.29, 1.82) is 0 Å². The predicted octanol–water partition coefficient (Wildman–Crippen LogP) is 16.6. The van der Waals surface area contributed by atoms with E-state index in [2.05, 4.69) is 279 Å². The Labute approximate surface area is 366 Å². The summed E-state index contributed by atoms with van der Waals surface area (Å²) in [5.41, 5.74) is 16.2. The van der Waals surface area contributed by atoms with Crippen LogP contribution in [0.1, 0.15) is 38.9 Å². The SMILES string of the molecule is Cc1ccc(-c2cc(/C=C/C=C(c3ccccc3)c3ccccc3)cc(N(c3ccccc3)c3ccc(/C=C/C=C(c4ccccc4)c4ccccc4)c4ccccc34)c2)cc1. The molecule has 0 aliphatic heterocycles. The van der Waals surface area contributed by atoms with Crippen LogP contribution in [0.25, 0.3) is 45.2 Å². The highest BCUT2D eigenvalue weighted by Gasteiger charge is 2.18. The highest BCUT2D eigenvalue weighted by Crippen LogP contribution is 2.42. The summed E-state index contributed by atoms with van der Waals surface area (Å²) in [6.45, 7) is 2.14. The van der Waals surface area contributed by atoms with Crippen molar-refractivity contribution >= 4 is 51.1 Å². The van der Waals surface area contributed by atoms with Crippen LogP contribution in [0.5, 0.6) is 0 Å². The summed E-state index contributed by atoms with van der Waals surface area (Å²) in [5.74, 6) is 0. The average Bonchev–Trinajstić information content (AvgIpc) is 3.34. The molecular weight excluding hydrogens is 747 g/mol. The van der Waals surface area contributed by atoms with E-state index < -0.39 is 0 Å². The second-order valence-electron chi connectivity index (χ2n) is 15.4. The smallest absolute Gasteiger partial charge is 0.0540 e. The molecule has 1 heteroatoms. The zero-order valence-electron chi connectivity index (χ0n) is 34.9. The van der Waals surface area contributed by atoms with Crippen molar-refractivity contribution < 1.29 is 0 Å². The van der Waals surface area contributed by atoms with Crippen LogP contribution in [0.2, 0.25) is 0 Å². The molecule has 0 aliphatic rings. The van der Waals surface area contributed by atoms with Gasteiger partial charge in [-0.05, 0) is 104 Å². The fraction of sp³-hybridized carbons (Fsp3) is 0.0164. The van der Waals surface area contributed by atoms with Gasteiger partial charge in [-0.2, -0.15) is 0 Å². The van der Waals surface area contributed by atoms with Crippen LogP contribution in [0.4, 0.5) is 17.1 Å². The van der Waals surface area contributed by atoms with Crippen LogP contribution in [0, 0.1) is 6.92 Å². The second kappa shape index (κ2) is 18.9. The predicted molar refractivity (Wildman–Crippen MR) is 267 cm³/mol. The number of nitrogens with zero attached hydrogens (tertiary/aromatic N) is 1. The summed E-state index contributed by atoms with van der Waals surface area (Å²) in [5, 5.41) is 2.36. The van der Waals surface area contributed by atoms with E-state index in [1.165, 1.54) is 55.3 Å². The van der Waals surface area contributed by atoms with Crippen LogP contribution in [0.15, 0.2) is 255 Å². The fourth-order valence-electron chi connectivity index (χ4n) is 8.12. The molecule has 9 aromatic carbocycles. The molecule has 0 aromatic heterocycles. The molecule has 0 bridgehead atoms. The summed E-state index contributed by atoms with van der Waals surface area (Å²) < 4.78 is 0. The third-order valence-electron chi connectivity index (χ3n) is 11.2. The van der Waals surface area contributed by atoms with Crippen molar-refractivity contribution in [3.8, 4) is 11.1 Å². The number of para-hydroxylation sites is 1. The Hall–Kier alpha value is -8.00. The Morgan fingerprint density at radius 3 is 1.37 bits per heavy atom. The van der Waals surface area contributed by atoms with Crippen molar-refractivity contribution in [3.05, 3.63) is 294 Å². The summed E-state index contributed by atoms with van der Waals surface area (Å²) in [6.07, 6.45) is 13.3. The van der Waals surface area contributed by atoms with Gasteiger partial charge >= 0.3 is 0 Å². The molecule has 1 nitrogen and oxygen atoms in total. The minimum atomic E-state index is 1.08. The summed E-state index contributed by atoms with van der Waals surface area (Å²) in [6, 6.07) is 82.2. The first-order valence-electron chi connectivity index (χ1n) is 21.3. The Bertz CT molecular complexity index is 2930. The first-order chi connectivity index (χ1) is 30.7. The van der Waals surface area contributed by atoms with E-state index in [9.17, 15) is 0 Å². The van der Waals surface area contributed by atoms with Crippen LogP contribution in [0.3, 0.4) is 0 Å². The fourth-order valence-corrected chi connectivity index (χ4v) is 8.12. The van der Waals surface area contributed by atoms with Crippen molar-refractivity contribution in [2.75, 3.05) is 4.90 Å². The Morgan fingerprint density at radius 2 is 0.839 bits per heavy atom. The zero-order chi connectivity index (χ0) is 41.9. The normalized spacial score (nSPS) is 11.2. The van der Waals surface area contributed by atoms with Gasteiger partial charge in [0.05, 0.1) is 5.69 Å². The van der Waals surface area contributed by atoms with E-state index in [4.69, 9.17) is 0 Å². The van der Waals surface area contributed by atoms with Crippen LogP contribution >= 0.6 is 0 Å². The molecule has 0 saturated carbocycles. The quantitative estimate of drug-likeness (QED) is 0.111. The highest BCUT2D eigenvalue weighted by molar-refractivity contribution is 6.03. The molecule has 0 unspecified atom stereocenters. The van der Waals surface area contributed by atoms with Crippen LogP contribution in [-0.2, 0) is 0 Å². The topological polar surface area (TPSA) is 3.24 Å². The number of benzene rings is 9. The van der Waals surface area contributed by atoms with E-state index in [1.54, 1.807) is 0 Å². The lowest BCUT2D eigenvalue weighted by molar-refractivity contribution is 1.29. The number of hydrogen-bond donors (Lipinski definition) is 0. The number of aryl methyl sites for hydroxylation is 1. The molecule has 0 heterocycles. The second-order valence-corrected chi connectivity index (χ2v) is 15.4. The van der Waals surface area contributed by atoms with Crippen LogP contribution < -0.4 is 4.90 Å². The maximum Gasteiger partial charge on any atom is 0.0540 e. The van der Waals surface area contributed by atoms with Gasteiger partial charge in [0, 0.05) is 16.8 Å². The monoisotopic (exact) mass is 793 g/mol. The Morgan fingerprint density at radius 1 is 0.371 bits per heavy atom. The molecule has 9 rings (SSSR count). The maximum absolute atomic E-state index is 2.41. The zero-order valence-corrected chi connectivity index (χ0v) is 34.9. The molecule has 62 heavy (non-hydrogen) atoms. The van der Waals surface area contributed by atoms with Crippen molar-refractivity contribution in [3.63, 3.8) is 0 Å². The molecule has 0 N–H and O–H groups in total. The molecule has 0 fully saturated rings. The molecular formula is C61H47N. The van der Waals surface area contributed by atoms with Gasteiger partial charge in [-0.1, -0.05) is 236 Å². The summed E-state index contributed by atoms with van der Waals surface area (Å²) in [4.78, 5) is 2.41. The molecule has 0 spiro atoms. The molecule has 0 saturated heterocycles. The van der Waals surface area contributed by atoms with Gasteiger partial charge in [0.1, 0.15) is 0 Å². The lowest BCUT2D eigenvalue weighted by atomic mass is 9.96. The molecule has 0 radical (unpaired) electrons. The maximum atomic E-state index is 2.41. The van der Waals surface area contributed by atoms with Gasteiger partial charge in [-0.25, -0.2) is 0 Å². The molecule has 0 aliphatic carbocycles. The minimum absolute atomic E-state index is 1.08.